The first-order chi connectivity index (χ1) is 5.52. The number of aromatic nitrogens is 1. The van der Waals surface area contributed by atoms with Crippen LogP contribution in [-0.2, 0) is 0 Å². The molecule has 1 aromatic rings. The lowest BCUT2D eigenvalue weighted by Gasteiger charge is -2.03. The predicted octanol–water partition coefficient (Wildman–Crippen LogP) is 0.725. The van der Waals surface area contributed by atoms with Crippen molar-refractivity contribution >= 4 is 23.3 Å². The average Bonchev–Trinajstić information content (AvgIpc) is 1.82. The van der Waals surface area contributed by atoms with Gasteiger partial charge in [0, 0.05) is 0 Å². The van der Waals surface area contributed by atoms with Crippen LogP contribution in [0.1, 0.15) is 15.9 Å². The van der Waals surface area contributed by atoms with Crippen molar-refractivity contribution in [2.24, 2.45) is 5.73 Å². The van der Waals surface area contributed by atoms with Crippen LogP contribution in [0.15, 0.2) is 6.07 Å². The molecule has 0 saturated heterocycles. The minimum atomic E-state index is -0.593. The Morgan fingerprint density at radius 1 is 1.67 bits per heavy atom. The Hall–Kier alpha value is -1.29. The number of hydrogen-bond donors (Lipinski definition) is 2. The van der Waals surface area contributed by atoms with Crippen LogP contribution in [0.25, 0.3) is 0 Å². The lowest BCUT2D eigenvalue weighted by molar-refractivity contribution is 0.0999. The second-order valence-corrected chi connectivity index (χ2v) is 2.75. The molecule has 1 heterocycles. The normalized spacial score (nSPS) is 9.83. The van der Waals surface area contributed by atoms with Gasteiger partial charge in [-0.15, -0.1) is 0 Å². The van der Waals surface area contributed by atoms with E-state index >= 15 is 0 Å². The number of nitrogens with two attached hydrogens (primary N) is 2. The number of nitrogen functional groups attached to an aromatic ring is 1. The molecule has 0 radical (unpaired) electrons. The number of rotatable bonds is 1. The van der Waals surface area contributed by atoms with Gasteiger partial charge >= 0.3 is 0 Å². The topological polar surface area (TPSA) is 82.0 Å². The quantitative estimate of drug-likeness (QED) is 0.633. The molecular weight excluding hydrogens is 178 g/mol. The molecule has 64 valence electrons. The molecule has 5 heteroatoms. The molecule has 0 atom stereocenters. The Labute approximate surface area is 74.5 Å². The molecule has 0 spiro atoms. The smallest absolute Gasteiger partial charge is 0.252 e. The average molecular weight is 186 g/mol. The van der Waals surface area contributed by atoms with E-state index in [1.54, 1.807) is 13.0 Å². The van der Waals surface area contributed by atoms with E-state index in [9.17, 15) is 4.79 Å². The van der Waals surface area contributed by atoms with Crippen molar-refractivity contribution in [1.29, 1.82) is 0 Å². The summed E-state index contributed by atoms with van der Waals surface area (Å²) in [5, 5.41) is 0.0556. The van der Waals surface area contributed by atoms with Crippen LogP contribution in [0.5, 0.6) is 0 Å². The zero-order chi connectivity index (χ0) is 9.30. The maximum atomic E-state index is 10.8. The molecule has 4 N–H and O–H groups in total. The van der Waals surface area contributed by atoms with Crippen LogP contribution in [0, 0.1) is 6.92 Å². The third-order valence-electron chi connectivity index (χ3n) is 1.44. The van der Waals surface area contributed by atoms with Crippen molar-refractivity contribution in [1.82, 2.24) is 4.98 Å². The predicted molar refractivity (Wildman–Crippen MR) is 46.9 cm³/mol. The lowest BCUT2D eigenvalue weighted by atomic mass is 10.1. The fourth-order valence-corrected chi connectivity index (χ4v) is 1.29. The van der Waals surface area contributed by atoms with E-state index in [4.69, 9.17) is 23.1 Å². The van der Waals surface area contributed by atoms with Gasteiger partial charge in [0.15, 0.2) is 0 Å². The van der Waals surface area contributed by atoms with Gasteiger partial charge in [0.25, 0.3) is 5.91 Å². The molecule has 0 aliphatic rings. The number of carbonyl (C=O) groups excluding carboxylic acids is 1. The molecule has 0 unspecified atom stereocenters. The Morgan fingerprint density at radius 3 is 2.67 bits per heavy atom. The summed E-state index contributed by atoms with van der Waals surface area (Å²) in [4.78, 5) is 14.5. The number of hydrogen-bond acceptors (Lipinski definition) is 3. The monoisotopic (exact) mass is 185 g/mol. The molecule has 0 saturated carbocycles. The Kier molecular flexibility index (Phi) is 2.19. The molecule has 1 aromatic heterocycles. The first kappa shape index (κ1) is 8.80. The first-order valence-corrected chi connectivity index (χ1v) is 3.62. The van der Waals surface area contributed by atoms with Gasteiger partial charge in [-0.25, -0.2) is 4.98 Å². The zero-order valence-electron chi connectivity index (χ0n) is 6.47. The maximum Gasteiger partial charge on any atom is 0.252 e. The summed E-state index contributed by atoms with van der Waals surface area (Å²) in [5.74, 6) is -0.312. The number of amides is 1. The molecule has 0 aliphatic carbocycles. The van der Waals surface area contributed by atoms with E-state index < -0.39 is 5.91 Å². The molecule has 1 amide bonds. The number of aryl methyl sites for hydroxylation is 1. The molecule has 0 aromatic carbocycles. The molecule has 0 fully saturated rings. The summed E-state index contributed by atoms with van der Waals surface area (Å²) >= 11 is 5.64. The van der Waals surface area contributed by atoms with Crippen molar-refractivity contribution in [2.45, 2.75) is 6.92 Å². The van der Waals surface area contributed by atoms with Crippen LogP contribution in [0.3, 0.4) is 0 Å². The number of nitrogens with zero attached hydrogens (tertiary/aromatic N) is 1. The highest BCUT2D eigenvalue weighted by molar-refractivity contribution is 6.32. The minimum absolute atomic E-state index is 0.0556. The molecule has 1 rings (SSSR count). The van der Waals surface area contributed by atoms with Crippen molar-refractivity contribution in [2.75, 3.05) is 5.73 Å². The number of halogens is 1. The Morgan fingerprint density at radius 2 is 2.25 bits per heavy atom. The van der Waals surface area contributed by atoms with Gasteiger partial charge < -0.3 is 11.5 Å². The molecular formula is C7H8ClN3O. The highest BCUT2D eigenvalue weighted by Gasteiger charge is 2.11. The van der Waals surface area contributed by atoms with Crippen molar-refractivity contribution in [3.05, 3.63) is 22.3 Å². The van der Waals surface area contributed by atoms with E-state index in [0.29, 0.717) is 5.56 Å². The van der Waals surface area contributed by atoms with Gasteiger partial charge in [0.1, 0.15) is 11.0 Å². The van der Waals surface area contributed by atoms with Crippen LogP contribution in [0.2, 0.25) is 5.15 Å². The Balaban J connectivity index is 3.38. The van der Waals surface area contributed by atoms with Gasteiger partial charge in [0.2, 0.25) is 0 Å². The Bertz CT molecular complexity index is 314. The van der Waals surface area contributed by atoms with Crippen molar-refractivity contribution in [3.63, 3.8) is 0 Å². The highest BCUT2D eigenvalue weighted by Crippen LogP contribution is 2.18. The van der Waals surface area contributed by atoms with Crippen LogP contribution >= 0.6 is 11.6 Å². The maximum absolute atomic E-state index is 10.8. The first-order valence-electron chi connectivity index (χ1n) is 3.25. The van der Waals surface area contributed by atoms with Gasteiger partial charge in [-0.1, -0.05) is 11.6 Å². The van der Waals surface area contributed by atoms with Crippen LogP contribution < -0.4 is 11.5 Å². The van der Waals surface area contributed by atoms with E-state index in [1.807, 2.05) is 0 Å². The number of anilines is 1. The fourth-order valence-electron chi connectivity index (χ4n) is 0.954. The second kappa shape index (κ2) is 2.98. The number of primary amides is 1. The highest BCUT2D eigenvalue weighted by atomic mass is 35.5. The summed E-state index contributed by atoms with van der Waals surface area (Å²) in [6.45, 7) is 1.70. The van der Waals surface area contributed by atoms with E-state index in [0.717, 1.165) is 0 Å². The summed E-state index contributed by atoms with van der Waals surface area (Å²) in [5.41, 5.74) is 11.3. The number of carbonyl (C=O) groups is 1. The van der Waals surface area contributed by atoms with E-state index in [-0.39, 0.29) is 16.5 Å². The third-order valence-corrected chi connectivity index (χ3v) is 1.71. The third kappa shape index (κ3) is 1.48. The van der Waals surface area contributed by atoms with E-state index in [2.05, 4.69) is 4.98 Å². The summed E-state index contributed by atoms with van der Waals surface area (Å²) in [6.07, 6.45) is 0. The SMILES string of the molecule is Cc1cc(N)nc(Cl)c1C(N)=O. The minimum Gasteiger partial charge on any atom is -0.384 e. The van der Waals surface area contributed by atoms with Gasteiger partial charge in [-0.3, -0.25) is 4.79 Å². The summed E-state index contributed by atoms with van der Waals surface area (Å²) in [7, 11) is 0. The molecule has 0 bridgehead atoms. The number of pyridine rings is 1. The zero-order valence-corrected chi connectivity index (χ0v) is 7.22. The fraction of sp³-hybridized carbons (Fsp3) is 0.143. The second-order valence-electron chi connectivity index (χ2n) is 2.39. The standard InChI is InChI=1S/C7H8ClN3O/c1-3-2-4(9)11-6(8)5(3)7(10)12/h2H,1H3,(H2,9,11)(H2,10,12). The van der Waals surface area contributed by atoms with Gasteiger partial charge in [-0.05, 0) is 18.6 Å². The van der Waals surface area contributed by atoms with Crippen LogP contribution in [-0.4, -0.2) is 10.9 Å². The van der Waals surface area contributed by atoms with Gasteiger partial charge in [0.05, 0.1) is 5.56 Å². The molecule has 4 nitrogen and oxygen atoms in total. The summed E-state index contributed by atoms with van der Waals surface area (Å²) in [6, 6.07) is 1.55. The molecule has 0 aliphatic heterocycles. The van der Waals surface area contributed by atoms with E-state index in [1.165, 1.54) is 0 Å². The van der Waals surface area contributed by atoms with Crippen LogP contribution in [0.4, 0.5) is 5.82 Å². The largest absolute Gasteiger partial charge is 0.384 e. The van der Waals surface area contributed by atoms with Crippen molar-refractivity contribution < 1.29 is 4.79 Å². The van der Waals surface area contributed by atoms with Crippen molar-refractivity contribution in [3.8, 4) is 0 Å². The van der Waals surface area contributed by atoms with Gasteiger partial charge in [-0.2, -0.15) is 0 Å². The molecule has 12 heavy (non-hydrogen) atoms. The summed E-state index contributed by atoms with van der Waals surface area (Å²) < 4.78 is 0. The lowest BCUT2D eigenvalue weighted by Crippen LogP contribution is -2.14.